The molecule has 2 aromatic rings. The Morgan fingerprint density at radius 3 is 2.88 bits per heavy atom. The molecule has 4 heteroatoms. The van der Waals surface area contributed by atoms with Crippen molar-refractivity contribution in [2.75, 3.05) is 33.4 Å². The quantitative estimate of drug-likeness (QED) is 0.916. The number of aryl methyl sites for hydroxylation is 1. The summed E-state index contributed by atoms with van der Waals surface area (Å²) in [5.41, 5.74) is 3.36. The van der Waals surface area contributed by atoms with Crippen LogP contribution in [0.1, 0.15) is 28.9 Å². The van der Waals surface area contributed by atoms with E-state index in [1.165, 1.54) is 11.1 Å². The van der Waals surface area contributed by atoms with Gasteiger partial charge in [0.2, 0.25) is 0 Å². The first kappa shape index (κ1) is 17.0. The number of ether oxygens (including phenoxy) is 2. The van der Waals surface area contributed by atoms with Crippen LogP contribution >= 0.6 is 0 Å². The topological polar surface area (TPSA) is 41.9 Å². The lowest BCUT2D eigenvalue weighted by atomic mass is 10.0. The molecule has 1 heterocycles. The zero-order valence-electron chi connectivity index (χ0n) is 14.3. The maximum absolute atomic E-state index is 10.6. The first-order chi connectivity index (χ1) is 11.7. The van der Waals surface area contributed by atoms with Gasteiger partial charge < -0.3 is 14.6 Å². The first-order valence-electron chi connectivity index (χ1n) is 8.39. The first-order valence-corrected chi connectivity index (χ1v) is 8.39. The van der Waals surface area contributed by atoms with E-state index < -0.39 is 6.10 Å². The molecule has 2 unspecified atom stereocenters. The van der Waals surface area contributed by atoms with Crippen LogP contribution in [0.15, 0.2) is 48.5 Å². The maximum atomic E-state index is 10.6. The van der Waals surface area contributed by atoms with Crippen molar-refractivity contribution in [2.45, 2.75) is 19.1 Å². The average molecular weight is 327 g/mol. The minimum Gasteiger partial charge on any atom is -0.497 e. The highest BCUT2D eigenvalue weighted by molar-refractivity contribution is 5.30. The lowest BCUT2D eigenvalue weighted by molar-refractivity contribution is -0.0426. The van der Waals surface area contributed by atoms with Crippen LogP contribution in [0.4, 0.5) is 0 Å². The minimum absolute atomic E-state index is 0.0671. The van der Waals surface area contributed by atoms with Crippen molar-refractivity contribution in [3.63, 3.8) is 0 Å². The van der Waals surface area contributed by atoms with Crippen LogP contribution in [-0.2, 0) is 4.74 Å². The molecule has 1 aliphatic heterocycles. The van der Waals surface area contributed by atoms with Crippen LogP contribution in [0.25, 0.3) is 0 Å². The summed E-state index contributed by atoms with van der Waals surface area (Å²) >= 11 is 0. The molecule has 2 aromatic carbocycles. The van der Waals surface area contributed by atoms with E-state index in [2.05, 4.69) is 30.0 Å². The van der Waals surface area contributed by atoms with Crippen molar-refractivity contribution >= 4 is 0 Å². The summed E-state index contributed by atoms with van der Waals surface area (Å²) in [4.78, 5) is 2.27. The Bertz CT molecular complexity index is 673. The predicted octanol–water partition coefficient (Wildman–Crippen LogP) is 3.11. The van der Waals surface area contributed by atoms with Gasteiger partial charge in [-0.25, -0.2) is 0 Å². The number of aliphatic hydroxyl groups excluding tert-OH is 1. The second kappa shape index (κ2) is 7.79. The molecule has 128 valence electrons. The number of rotatable bonds is 5. The fourth-order valence-electron chi connectivity index (χ4n) is 3.20. The van der Waals surface area contributed by atoms with E-state index in [1.54, 1.807) is 7.11 Å². The summed E-state index contributed by atoms with van der Waals surface area (Å²) in [6, 6.07) is 16.0. The molecular weight excluding hydrogens is 302 g/mol. The molecule has 1 saturated heterocycles. The van der Waals surface area contributed by atoms with Gasteiger partial charge >= 0.3 is 0 Å². The van der Waals surface area contributed by atoms with Crippen molar-refractivity contribution in [1.82, 2.24) is 4.90 Å². The van der Waals surface area contributed by atoms with Gasteiger partial charge in [-0.3, -0.25) is 4.90 Å². The molecule has 1 fully saturated rings. The standard InChI is InChI=1S/C20H25NO3/c1-15-6-3-4-9-18(15)20-14-21(10-11-24-20)13-19(22)16-7-5-8-17(12-16)23-2/h3-9,12,19-20,22H,10-11,13-14H2,1-2H3. The summed E-state index contributed by atoms with van der Waals surface area (Å²) < 4.78 is 11.2. The lowest BCUT2D eigenvalue weighted by Crippen LogP contribution is -2.40. The summed E-state index contributed by atoms with van der Waals surface area (Å²) in [6.45, 7) is 5.03. The predicted molar refractivity (Wildman–Crippen MR) is 94.3 cm³/mol. The third kappa shape index (κ3) is 3.96. The van der Waals surface area contributed by atoms with Crippen molar-refractivity contribution in [1.29, 1.82) is 0 Å². The van der Waals surface area contributed by atoms with Crippen molar-refractivity contribution in [2.24, 2.45) is 0 Å². The minimum atomic E-state index is -0.532. The molecule has 0 aromatic heterocycles. The highest BCUT2D eigenvalue weighted by atomic mass is 16.5. The second-order valence-electron chi connectivity index (χ2n) is 6.27. The van der Waals surface area contributed by atoms with E-state index in [-0.39, 0.29) is 6.10 Å². The number of morpholine rings is 1. The van der Waals surface area contributed by atoms with Crippen LogP contribution in [0.2, 0.25) is 0 Å². The number of hydrogen-bond acceptors (Lipinski definition) is 4. The van der Waals surface area contributed by atoms with Crippen molar-refractivity contribution in [3.8, 4) is 5.75 Å². The van der Waals surface area contributed by atoms with Crippen LogP contribution in [0.3, 0.4) is 0 Å². The molecule has 0 radical (unpaired) electrons. The molecular formula is C20H25NO3. The van der Waals surface area contributed by atoms with Gasteiger partial charge in [0.15, 0.2) is 0 Å². The average Bonchev–Trinajstić information content (AvgIpc) is 2.62. The molecule has 3 rings (SSSR count). The van der Waals surface area contributed by atoms with Crippen LogP contribution in [-0.4, -0.2) is 43.4 Å². The van der Waals surface area contributed by atoms with Gasteiger partial charge in [0.25, 0.3) is 0 Å². The Morgan fingerprint density at radius 2 is 2.08 bits per heavy atom. The van der Waals surface area contributed by atoms with E-state index in [0.717, 1.165) is 24.4 Å². The zero-order valence-corrected chi connectivity index (χ0v) is 14.3. The highest BCUT2D eigenvalue weighted by Crippen LogP contribution is 2.27. The largest absolute Gasteiger partial charge is 0.497 e. The number of aliphatic hydroxyl groups is 1. The van der Waals surface area contributed by atoms with E-state index in [0.29, 0.717) is 13.2 Å². The smallest absolute Gasteiger partial charge is 0.119 e. The van der Waals surface area contributed by atoms with E-state index in [9.17, 15) is 5.11 Å². The SMILES string of the molecule is COc1cccc(C(O)CN2CCOC(c3ccccc3C)C2)c1. The number of benzene rings is 2. The fraction of sp³-hybridized carbons (Fsp3) is 0.400. The van der Waals surface area contributed by atoms with Gasteiger partial charge in [-0.2, -0.15) is 0 Å². The Morgan fingerprint density at radius 1 is 1.25 bits per heavy atom. The monoisotopic (exact) mass is 327 g/mol. The Kier molecular flexibility index (Phi) is 5.51. The molecule has 0 saturated carbocycles. The molecule has 4 nitrogen and oxygen atoms in total. The Hall–Kier alpha value is -1.88. The molecule has 24 heavy (non-hydrogen) atoms. The third-order valence-corrected chi connectivity index (χ3v) is 4.60. The molecule has 1 N–H and O–H groups in total. The number of nitrogens with zero attached hydrogens (tertiary/aromatic N) is 1. The highest BCUT2D eigenvalue weighted by Gasteiger charge is 2.25. The molecule has 1 aliphatic rings. The Balaban J connectivity index is 1.65. The number of methoxy groups -OCH3 is 1. The maximum Gasteiger partial charge on any atom is 0.119 e. The molecule has 0 bridgehead atoms. The van der Waals surface area contributed by atoms with Crippen LogP contribution < -0.4 is 4.74 Å². The van der Waals surface area contributed by atoms with Gasteiger partial charge in [0.1, 0.15) is 5.75 Å². The molecule has 2 atom stereocenters. The van der Waals surface area contributed by atoms with Gasteiger partial charge in [0, 0.05) is 19.6 Å². The Labute approximate surface area is 143 Å². The zero-order chi connectivity index (χ0) is 16.9. The van der Waals surface area contributed by atoms with Crippen LogP contribution in [0, 0.1) is 6.92 Å². The normalized spacial score (nSPS) is 19.9. The molecule has 0 spiro atoms. The van der Waals surface area contributed by atoms with E-state index in [4.69, 9.17) is 9.47 Å². The van der Waals surface area contributed by atoms with Gasteiger partial charge in [-0.15, -0.1) is 0 Å². The summed E-state index contributed by atoms with van der Waals surface area (Å²) in [5.74, 6) is 0.770. The summed E-state index contributed by atoms with van der Waals surface area (Å²) in [6.07, 6.45) is -0.465. The fourth-order valence-corrected chi connectivity index (χ4v) is 3.20. The van der Waals surface area contributed by atoms with Crippen molar-refractivity contribution in [3.05, 3.63) is 65.2 Å². The summed E-state index contributed by atoms with van der Waals surface area (Å²) in [5, 5.41) is 10.6. The second-order valence-corrected chi connectivity index (χ2v) is 6.27. The van der Waals surface area contributed by atoms with E-state index in [1.807, 2.05) is 30.3 Å². The number of hydrogen-bond donors (Lipinski definition) is 1. The van der Waals surface area contributed by atoms with Gasteiger partial charge in [0.05, 0.1) is 25.9 Å². The van der Waals surface area contributed by atoms with Crippen molar-refractivity contribution < 1.29 is 14.6 Å². The number of β-amino-alcohol motifs (C(OH)–C–C–N with tert-alkyl or cyclic N) is 1. The van der Waals surface area contributed by atoms with Gasteiger partial charge in [-0.1, -0.05) is 36.4 Å². The van der Waals surface area contributed by atoms with Crippen LogP contribution in [0.5, 0.6) is 5.75 Å². The lowest BCUT2D eigenvalue weighted by Gasteiger charge is -2.34. The molecule has 0 amide bonds. The third-order valence-electron chi connectivity index (χ3n) is 4.60. The van der Waals surface area contributed by atoms with E-state index >= 15 is 0 Å². The summed E-state index contributed by atoms with van der Waals surface area (Å²) in [7, 11) is 1.64. The van der Waals surface area contributed by atoms with Gasteiger partial charge in [-0.05, 0) is 35.7 Å². The molecule has 0 aliphatic carbocycles.